The summed E-state index contributed by atoms with van der Waals surface area (Å²) in [5.41, 5.74) is 0. The van der Waals surface area contributed by atoms with Crippen molar-refractivity contribution in [3.05, 3.63) is 12.2 Å². The van der Waals surface area contributed by atoms with Crippen LogP contribution in [0.25, 0.3) is 0 Å². The molecule has 1 unspecified atom stereocenters. The molecule has 23 heavy (non-hydrogen) atoms. The predicted molar refractivity (Wildman–Crippen MR) is 86.9 cm³/mol. The van der Waals surface area contributed by atoms with Gasteiger partial charge in [0, 0.05) is 19.4 Å². The standard InChI is InChI=1S/C18H30O5/c1-22-12-23-8-4-6-15-16-10-13(5-2-3-7-18(20)21)9-14(16)11-17(15)19/h4,6,13-17,19H,2-3,5,7-12H2,1H3,(H,20,21)/b6-4+/t13?,14-,15+,16-,17+/m0/s1. The maximum atomic E-state index is 10.5. The summed E-state index contributed by atoms with van der Waals surface area (Å²) in [4.78, 5) is 10.5. The molecule has 0 aliphatic heterocycles. The number of hydrogen-bond donors (Lipinski definition) is 2. The Balaban J connectivity index is 1.73. The molecule has 5 atom stereocenters. The third-order valence-electron chi connectivity index (χ3n) is 5.36. The summed E-state index contributed by atoms with van der Waals surface area (Å²) in [7, 11) is 1.60. The number of fused-ring (bicyclic) bond motifs is 1. The fourth-order valence-corrected chi connectivity index (χ4v) is 4.40. The van der Waals surface area contributed by atoms with Crippen LogP contribution in [0.4, 0.5) is 0 Å². The fourth-order valence-electron chi connectivity index (χ4n) is 4.40. The Morgan fingerprint density at radius 1 is 1.26 bits per heavy atom. The lowest BCUT2D eigenvalue weighted by Crippen LogP contribution is -2.17. The Kier molecular flexibility index (Phi) is 7.53. The van der Waals surface area contributed by atoms with Crippen LogP contribution in [0.5, 0.6) is 0 Å². The van der Waals surface area contributed by atoms with E-state index < -0.39 is 5.97 Å². The molecule has 2 rings (SSSR count). The van der Waals surface area contributed by atoms with Crippen LogP contribution >= 0.6 is 0 Å². The van der Waals surface area contributed by atoms with E-state index in [0.29, 0.717) is 31.2 Å². The highest BCUT2D eigenvalue weighted by molar-refractivity contribution is 5.66. The Hall–Kier alpha value is -0.910. The normalized spacial score (nSPS) is 33.4. The van der Waals surface area contributed by atoms with Crippen LogP contribution in [0.15, 0.2) is 12.2 Å². The average Bonchev–Trinajstić information content (AvgIpc) is 3.01. The highest BCUT2D eigenvalue weighted by atomic mass is 16.7. The summed E-state index contributed by atoms with van der Waals surface area (Å²) < 4.78 is 10.1. The molecular formula is C18H30O5. The molecule has 0 aromatic heterocycles. The number of rotatable bonds is 10. The van der Waals surface area contributed by atoms with Gasteiger partial charge in [-0.25, -0.2) is 0 Å². The van der Waals surface area contributed by atoms with E-state index in [4.69, 9.17) is 14.6 Å². The smallest absolute Gasteiger partial charge is 0.303 e. The molecule has 0 saturated heterocycles. The van der Waals surface area contributed by atoms with E-state index in [-0.39, 0.29) is 18.4 Å². The number of aliphatic hydroxyl groups excluding tert-OH is 1. The van der Waals surface area contributed by atoms with Gasteiger partial charge in [-0.2, -0.15) is 0 Å². The quantitative estimate of drug-likeness (QED) is 0.367. The minimum atomic E-state index is -0.697. The Morgan fingerprint density at radius 2 is 2.09 bits per heavy atom. The van der Waals surface area contributed by atoms with Crippen molar-refractivity contribution in [2.45, 2.75) is 51.0 Å². The predicted octanol–water partition coefficient (Wildman–Crippen LogP) is 2.83. The molecule has 0 radical (unpaired) electrons. The summed E-state index contributed by atoms with van der Waals surface area (Å²) in [6, 6.07) is 0. The van der Waals surface area contributed by atoms with Gasteiger partial charge >= 0.3 is 5.97 Å². The van der Waals surface area contributed by atoms with Crippen molar-refractivity contribution in [3.8, 4) is 0 Å². The molecule has 0 spiro atoms. The molecule has 2 aliphatic rings. The first-order chi connectivity index (χ1) is 11.1. The Morgan fingerprint density at radius 3 is 2.83 bits per heavy atom. The first-order valence-corrected chi connectivity index (χ1v) is 8.75. The van der Waals surface area contributed by atoms with Crippen molar-refractivity contribution < 1.29 is 24.5 Å². The van der Waals surface area contributed by atoms with Gasteiger partial charge in [0.2, 0.25) is 0 Å². The van der Waals surface area contributed by atoms with E-state index in [1.54, 1.807) is 7.11 Å². The largest absolute Gasteiger partial charge is 0.481 e. The third-order valence-corrected chi connectivity index (χ3v) is 5.36. The lowest BCUT2D eigenvalue weighted by atomic mass is 9.89. The number of carbonyl (C=O) groups is 1. The van der Waals surface area contributed by atoms with Gasteiger partial charge in [0.1, 0.15) is 6.79 Å². The minimum absolute atomic E-state index is 0.225. The van der Waals surface area contributed by atoms with Gasteiger partial charge in [-0.15, -0.1) is 0 Å². The first-order valence-electron chi connectivity index (χ1n) is 8.75. The van der Waals surface area contributed by atoms with Gasteiger partial charge in [-0.1, -0.05) is 25.0 Å². The highest BCUT2D eigenvalue weighted by Crippen LogP contribution is 2.51. The van der Waals surface area contributed by atoms with Crippen LogP contribution in [0, 0.1) is 23.7 Å². The van der Waals surface area contributed by atoms with Gasteiger partial charge in [-0.3, -0.25) is 4.79 Å². The topological polar surface area (TPSA) is 76.0 Å². The fraction of sp³-hybridized carbons (Fsp3) is 0.833. The monoisotopic (exact) mass is 326 g/mol. The number of carboxylic acid groups (broad SMARTS) is 1. The number of unbranched alkanes of at least 4 members (excludes halogenated alkanes) is 1. The van der Waals surface area contributed by atoms with E-state index in [1.807, 2.05) is 6.08 Å². The van der Waals surface area contributed by atoms with Crippen LogP contribution in [0.2, 0.25) is 0 Å². The first kappa shape index (κ1) is 18.4. The van der Waals surface area contributed by atoms with Crippen LogP contribution < -0.4 is 0 Å². The molecule has 2 saturated carbocycles. The molecule has 0 heterocycles. The van der Waals surface area contributed by atoms with Crippen molar-refractivity contribution >= 4 is 5.97 Å². The second kappa shape index (κ2) is 9.40. The number of ether oxygens (including phenoxy) is 2. The summed E-state index contributed by atoms with van der Waals surface area (Å²) in [5.74, 6) is 1.46. The van der Waals surface area contributed by atoms with Crippen molar-refractivity contribution in [1.29, 1.82) is 0 Å². The zero-order valence-electron chi connectivity index (χ0n) is 14.0. The van der Waals surface area contributed by atoms with E-state index >= 15 is 0 Å². The molecular weight excluding hydrogens is 296 g/mol. The Bertz CT molecular complexity index is 395. The highest BCUT2D eigenvalue weighted by Gasteiger charge is 2.46. The molecule has 0 aromatic carbocycles. The van der Waals surface area contributed by atoms with Crippen molar-refractivity contribution in [2.75, 3.05) is 20.5 Å². The summed E-state index contributed by atoms with van der Waals surface area (Å²) in [6.45, 7) is 0.815. The van der Waals surface area contributed by atoms with E-state index in [0.717, 1.165) is 25.7 Å². The number of aliphatic carboxylic acids is 1. The average molecular weight is 326 g/mol. The van der Waals surface area contributed by atoms with Crippen molar-refractivity contribution in [2.24, 2.45) is 23.7 Å². The number of carboxylic acids is 1. The van der Waals surface area contributed by atoms with E-state index in [9.17, 15) is 9.90 Å². The summed E-state index contributed by atoms with van der Waals surface area (Å²) >= 11 is 0. The van der Waals surface area contributed by atoms with Crippen LogP contribution in [0.1, 0.15) is 44.9 Å². The van der Waals surface area contributed by atoms with E-state index in [1.165, 1.54) is 12.8 Å². The Labute approximate surface area is 138 Å². The second-order valence-corrected chi connectivity index (χ2v) is 6.99. The second-order valence-electron chi connectivity index (χ2n) is 6.99. The van der Waals surface area contributed by atoms with Crippen LogP contribution in [-0.4, -0.2) is 42.8 Å². The summed E-state index contributed by atoms with van der Waals surface area (Å²) in [5, 5.41) is 19.0. The molecule has 2 aliphatic carbocycles. The number of hydrogen-bond acceptors (Lipinski definition) is 4. The molecule has 5 heteroatoms. The van der Waals surface area contributed by atoms with Crippen molar-refractivity contribution in [1.82, 2.24) is 0 Å². The van der Waals surface area contributed by atoms with Gasteiger partial charge in [0.15, 0.2) is 0 Å². The lowest BCUT2D eigenvalue weighted by molar-refractivity contribution is -0.137. The maximum Gasteiger partial charge on any atom is 0.303 e. The summed E-state index contributed by atoms with van der Waals surface area (Å²) in [6.07, 6.45) is 10.4. The number of methoxy groups -OCH3 is 1. The molecule has 2 fully saturated rings. The SMILES string of the molecule is COCOC/C=C/[C@@H]1[C@H]2CC(CCCCC(=O)O)C[C@H]2C[C@H]1O. The van der Waals surface area contributed by atoms with Gasteiger partial charge in [0.25, 0.3) is 0 Å². The van der Waals surface area contributed by atoms with Gasteiger partial charge in [-0.05, 0) is 43.4 Å². The van der Waals surface area contributed by atoms with Gasteiger partial charge in [0.05, 0.1) is 12.7 Å². The zero-order valence-corrected chi connectivity index (χ0v) is 14.0. The molecule has 0 amide bonds. The molecule has 2 N–H and O–H groups in total. The van der Waals surface area contributed by atoms with E-state index in [2.05, 4.69) is 6.08 Å². The number of aliphatic hydroxyl groups is 1. The zero-order chi connectivity index (χ0) is 16.7. The maximum absolute atomic E-state index is 10.5. The van der Waals surface area contributed by atoms with Gasteiger partial charge < -0.3 is 19.7 Å². The molecule has 5 nitrogen and oxygen atoms in total. The van der Waals surface area contributed by atoms with Crippen LogP contribution in [-0.2, 0) is 14.3 Å². The van der Waals surface area contributed by atoms with Crippen LogP contribution in [0.3, 0.4) is 0 Å². The third kappa shape index (κ3) is 5.59. The molecule has 0 bridgehead atoms. The van der Waals surface area contributed by atoms with Crippen molar-refractivity contribution in [3.63, 3.8) is 0 Å². The molecule has 0 aromatic rings. The lowest BCUT2D eigenvalue weighted by Gasteiger charge is -2.18. The minimum Gasteiger partial charge on any atom is -0.481 e. The molecule has 132 valence electrons.